The molecule has 0 bridgehead atoms. The summed E-state index contributed by atoms with van der Waals surface area (Å²) in [5, 5.41) is 26.9. The molecule has 2 aromatic rings. The van der Waals surface area contributed by atoms with Crippen molar-refractivity contribution in [3.05, 3.63) is 40.2 Å². The molecule has 0 spiro atoms. The number of aromatic nitrogens is 2. The summed E-state index contributed by atoms with van der Waals surface area (Å²) in [5.74, 6) is -1.64. The van der Waals surface area contributed by atoms with Gasteiger partial charge in [-0.15, -0.1) is 0 Å². The summed E-state index contributed by atoms with van der Waals surface area (Å²) in [6.45, 7) is 2.88. The van der Waals surface area contributed by atoms with Crippen LogP contribution in [0.2, 0.25) is 0 Å². The molecule has 1 amide bonds. The number of anilines is 1. The molecule has 0 radical (unpaired) electrons. The van der Waals surface area contributed by atoms with Crippen LogP contribution in [0, 0.1) is 10.1 Å². The van der Waals surface area contributed by atoms with Crippen LogP contribution in [0.15, 0.2) is 24.5 Å². The number of amides is 1. The number of carboxylic acids is 1. The van der Waals surface area contributed by atoms with Crippen LogP contribution in [-0.4, -0.2) is 45.9 Å². The van der Waals surface area contributed by atoms with Crippen molar-refractivity contribution in [1.29, 1.82) is 0 Å². The third kappa shape index (κ3) is 3.81. The van der Waals surface area contributed by atoms with E-state index in [2.05, 4.69) is 10.4 Å². The van der Waals surface area contributed by atoms with Crippen molar-refractivity contribution >= 4 is 23.3 Å². The molecular weight excluding hydrogens is 360 g/mol. The fourth-order valence-electron chi connectivity index (χ4n) is 2.19. The molecule has 27 heavy (non-hydrogen) atoms. The number of benzene rings is 1. The van der Waals surface area contributed by atoms with Crippen molar-refractivity contribution in [1.82, 2.24) is 9.78 Å². The van der Waals surface area contributed by atoms with Gasteiger partial charge < -0.3 is 19.9 Å². The van der Waals surface area contributed by atoms with Gasteiger partial charge >= 0.3 is 5.97 Å². The van der Waals surface area contributed by atoms with Crippen molar-refractivity contribution in [3.8, 4) is 11.5 Å². The molecule has 2 N–H and O–H groups in total. The largest absolute Gasteiger partial charge is 0.493 e. The molecule has 0 unspecified atom stereocenters. The highest BCUT2D eigenvalue weighted by molar-refractivity contribution is 6.07. The van der Waals surface area contributed by atoms with Gasteiger partial charge in [-0.25, -0.2) is 4.79 Å². The molecule has 0 saturated heterocycles. The van der Waals surface area contributed by atoms with Gasteiger partial charge in [0.25, 0.3) is 11.6 Å². The van der Waals surface area contributed by atoms with E-state index in [-0.39, 0.29) is 22.7 Å². The van der Waals surface area contributed by atoms with Crippen LogP contribution in [-0.2, 0) is 10.3 Å². The molecule has 0 aliphatic heterocycles. The Morgan fingerprint density at radius 2 is 1.85 bits per heavy atom. The Hall–Kier alpha value is -3.63. The van der Waals surface area contributed by atoms with Crippen molar-refractivity contribution in [2.75, 3.05) is 19.5 Å². The summed E-state index contributed by atoms with van der Waals surface area (Å²) < 4.78 is 11.3. The number of carboxylic acid groups (broad SMARTS) is 1. The lowest BCUT2D eigenvalue weighted by atomic mass is 10.1. The van der Waals surface area contributed by atoms with E-state index in [0.717, 1.165) is 10.7 Å². The molecule has 2 rings (SSSR count). The number of nitro benzene ring substituents is 1. The first-order chi connectivity index (χ1) is 12.6. The number of carbonyl (C=O) groups is 2. The zero-order valence-electron chi connectivity index (χ0n) is 15.0. The maximum atomic E-state index is 12.5. The van der Waals surface area contributed by atoms with E-state index < -0.39 is 28.0 Å². The van der Waals surface area contributed by atoms with Gasteiger partial charge in [-0.2, -0.15) is 5.10 Å². The highest BCUT2D eigenvalue weighted by atomic mass is 16.6. The smallest absolute Gasteiger partial charge is 0.331 e. The third-order valence-corrected chi connectivity index (χ3v) is 3.88. The fourth-order valence-corrected chi connectivity index (χ4v) is 2.19. The van der Waals surface area contributed by atoms with Gasteiger partial charge in [-0.05, 0) is 13.8 Å². The van der Waals surface area contributed by atoms with Crippen LogP contribution >= 0.6 is 0 Å². The molecule has 11 heteroatoms. The van der Waals surface area contributed by atoms with Gasteiger partial charge in [0.05, 0.1) is 37.1 Å². The van der Waals surface area contributed by atoms with Gasteiger partial charge in [-0.3, -0.25) is 19.6 Å². The Morgan fingerprint density at radius 3 is 2.37 bits per heavy atom. The highest BCUT2D eigenvalue weighted by Crippen LogP contribution is 2.34. The monoisotopic (exact) mass is 378 g/mol. The van der Waals surface area contributed by atoms with E-state index in [0.29, 0.717) is 0 Å². The molecule has 0 aliphatic carbocycles. The standard InChI is InChI=1S/C16H18N4O7/c1-16(2,15(22)23)19-8-9(7-17-19)18-14(21)10-5-12(26-3)13(27-4)6-11(10)20(24)25/h5-8H,1-4H3,(H,18,21)(H,22,23). The Labute approximate surface area is 153 Å². The normalized spacial score (nSPS) is 11.0. The number of aliphatic carboxylic acids is 1. The lowest BCUT2D eigenvalue weighted by molar-refractivity contribution is -0.385. The van der Waals surface area contributed by atoms with Crippen LogP contribution in [0.5, 0.6) is 11.5 Å². The predicted octanol–water partition coefficient (Wildman–Crippen LogP) is 1.88. The molecule has 11 nitrogen and oxygen atoms in total. The van der Waals surface area contributed by atoms with Crippen LogP contribution in [0.3, 0.4) is 0 Å². The van der Waals surface area contributed by atoms with Crippen molar-refractivity contribution in [2.45, 2.75) is 19.4 Å². The minimum absolute atomic E-state index is 0.108. The molecule has 1 aromatic carbocycles. The second-order valence-electron chi connectivity index (χ2n) is 5.97. The predicted molar refractivity (Wildman–Crippen MR) is 93.3 cm³/mol. The second-order valence-corrected chi connectivity index (χ2v) is 5.97. The number of carbonyl (C=O) groups excluding carboxylic acids is 1. The molecule has 144 valence electrons. The highest BCUT2D eigenvalue weighted by Gasteiger charge is 2.31. The molecule has 1 aromatic heterocycles. The fraction of sp³-hybridized carbons (Fsp3) is 0.312. The van der Waals surface area contributed by atoms with Gasteiger partial charge in [0.15, 0.2) is 17.0 Å². The molecular formula is C16H18N4O7. The SMILES string of the molecule is COc1cc(C(=O)Nc2cnn(C(C)(C)C(=O)O)c2)c([N+](=O)[O-])cc1OC. The summed E-state index contributed by atoms with van der Waals surface area (Å²) in [4.78, 5) is 34.4. The average molecular weight is 378 g/mol. The minimum atomic E-state index is -1.34. The van der Waals surface area contributed by atoms with E-state index in [1.807, 2.05) is 0 Å². The topological polar surface area (TPSA) is 146 Å². The summed E-state index contributed by atoms with van der Waals surface area (Å²) in [6, 6.07) is 2.28. The first-order valence-corrected chi connectivity index (χ1v) is 7.62. The molecule has 1 heterocycles. The number of hydrogen-bond acceptors (Lipinski definition) is 7. The first kappa shape index (κ1) is 19.7. The van der Waals surface area contributed by atoms with Crippen molar-refractivity contribution < 1.29 is 29.1 Å². The molecule has 0 atom stereocenters. The summed E-state index contributed by atoms with van der Waals surface area (Å²) in [7, 11) is 2.66. The Kier molecular flexibility index (Phi) is 5.34. The molecule has 0 fully saturated rings. The van der Waals surface area contributed by atoms with E-state index in [9.17, 15) is 24.8 Å². The zero-order valence-corrected chi connectivity index (χ0v) is 15.0. The lowest BCUT2D eigenvalue weighted by Gasteiger charge is -2.19. The number of nitro groups is 1. The van der Waals surface area contributed by atoms with Crippen LogP contribution < -0.4 is 14.8 Å². The van der Waals surface area contributed by atoms with Crippen LogP contribution in [0.25, 0.3) is 0 Å². The second kappa shape index (κ2) is 7.32. The van der Waals surface area contributed by atoms with Crippen molar-refractivity contribution in [2.24, 2.45) is 0 Å². The average Bonchev–Trinajstić information content (AvgIpc) is 3.09. The van der Waals surface area contributed by atoms with Gasteiger partial charge in [0, 0.05) is 12.3 Å². The molecule has 0 aliphatic rings. The summed E-state index contributed by atoms with van der Waals surface area (Å²) in [5.41, 5.74) is -1.87. The number of hydrogen-bond donors (Lipinski definition) is 2. The number of nitrogens with zero attached hydrogens (tertiary/aromatic N) is 3. The van der Waals surface area contributed by atoms with E-state index in [4.69, 9.17) is 9.47 Å². The number of ether oxygens (including phenoxy) is 2. The Bertz CT molecular complexity index is 904. The van der Waals surface area contributed by atoms with Gasteiger partial charge in [0.2, 0.25) is 0 Å². The zero-order chi connectivity index (χ0) is 20.4. The Balaban J connectivity index is 2.37. The van der Waals surface area contributed by atoms with E-state index >= 15 is 0 Å². The maximum absolute atomic E-state index is 12.5. The number of nitrogens with one attached hydrogen (secondary N) is 1. The summed E-state index contributed by atoms with van der Waals surface area (Å²) >= 11 is 0. The number of rotatable bonds is 7. The molecule has 0 saturated carbocycles. The third-order valence-electron chi connectivity index (χ3n) is 3.88. The van der Waals surface area contributed by atoms with E-state index in [1.165, 1.54) is 46.5 Å². The van der Waals surface area contributed by atoms with Crippen LogP contribution in [0.4, 0.5) is 11.4 Å². The minimum Gasteiger partial charge on any atom is -0.493 e. The van der Waals surface area contributed by atoms with Gasteiger partial charge in [0.1, 0.15) is 5.56 Å². The van der Waals surface area contributed by atoms with E-state index in [1.54, 1.807) is 0 Å². The van der Waals surface area contributed by atoms with Gasteiger partial charge in [-0.1, -0.05) is 0 Å². The quantitative estimate of drug-likeness (QED) is 0.548. The summed E-state index contributed by atoms with van der Waals surface area (Å²) in [6.07, 6.45) is 2.56. The first-order valence-electron chi connectivity index (χ1n) is 7.62. The number of methoxy groups -OCH3 is 2. The lowest BCUT2D eigenvalue weighted by Crippen LogP contribution is -2.35. The van der Waals surface area contributed by atoms with Crippen molar-refractivity contribution in [3.63, 3.8) is 0 Å². The van der Waals surface area contributed by atoms with Crippen LogP contribution in [0.1, 0.15) is 24.2 Å². The maximum Gasteiger partial charge on any atom is 0.331 e. The Morgan fingerprint density at radius 1 is 1.26 bits per heavy atom.